The zero-order chi connectivity index (χ0) is 22.3. The molecule has 2 aromatic rings. The highest BCUT2D eigenvalue weighted by Gasteiger charge is 2.29. The average molecular weight is 445 g/mol. The summed E-state index contributed by atoms with van der Waals surface area (Å²) >= 11 is 0. The number of ether oxygens (including phenoxy) is 3. The van der Waals surface area contributed by atoms with Gasteiger partial charge < -0.3 is 29.5 Å². The van der Waals surface area contributed by atoms with Crippen molar-refractivity contribution in [2.75, 3.05) is 32.8 Å². The molecule has 0 bridgehead atoms. The fraction of sp³-hybridized carbons (Fsp3) is 0.458. The van der Waals surface area contributed by atoms with Gasteiger partial charge in [0.05, 0.1) is 6.04 Å². The number of aliphatic hydroxyl groups excluding tert-OH is 1. The minimum atomic E-state index is -1.15. The maximum absolute atomic E-state index is 14.5. The highest BCUT2D eigenvalue weighted by atomic mass is 19.1. The van der Waals surface area contributed by atoms with Gasteiger partial charge in [-0.25, -0.2) is 9.18 Å². The first kappa shape index (κ1) is 22.4. The number of benzene rings is 2. The van der Waals surface area contributed by atoms with Crippen LogP contribution in [0.5, 0.6) is 11.5 Å². The van der Waals surface area contributed by atoms with Crippen molar-refractivity contribution in [2.45, 2.75) is 38.0 Å². The molecule has 0 radical (unpaired) electrons. The highest BCUT2D eigenvalue weighted by molar-refractivity contribution is 5.67. The van der Waals surface area contributed by atoms with Gasteiger partial charge in [-0.1, -0.05) is 36.8 Å². The Balaban J connectivity index is 1.47. The van der Waals surface area contributed by atoms with Crippen LogP contribution >= 0.6 is 0 Å². The normalized spacial score (nSPS) is 17.9. The van der Waals surface area contributed by atoms with Crippen LogP contribution in [0.4, 0.5) is 9.18 Å². The molecule has 4 rings (SSSR count). The number of hydrogen-bond acceptors (Lipinski definition) is 6. The lowest BCUT2D eigenvalue weighted by Gasteiger charge is -2.33. The Kier molecular flexibility index (Phi) is 7.44. The van der Waals surface area contributed by atoms with Crippen LogP contribution in [0.1, 0.15) is 36.5 Å². The van der Waals surface area contributed by atoms with Gasteiger partial charge in [0.1, 0.15) is 25.9 Å². The van der Waals surface area contributed by atoms with Gasteiger partial charge in [0.15, 0.2) is 17.3 Å². The van der Waals surface area contributed by atoms with Crippen LogP contribution in [-0.4, -0.2) is 55.0 Å². The van der Waals surface area contributed by atoms with E-state index in [0.717, 1.165) is 31.5 Å². The average Bonchev–Trinajstić information content (AvgIpc) is 2.83. The molecule has 0 aliphatic carbocycles. The Morgan fingerprint density at radius 3 is 2.66 bits per heavy atom. The molecule has 2 aliphatic rings. The monoisotopic (exact) mass is 444 g/mol. The summed E-state index contributed by atoms with van der Waals surface area (Å²) < 4.78 is 30.7. The quantitative estimate of drug-likeness (QED) is 0.681. The summed E-state index contributed by atoms with van der Waals surface area (Å²) in [5, 5.41) is 13.9. The molecular weight excluding hydrogens is 415 g/mol. The molecule has 8 heteroatoms. The number of carbonyl (C=O) groups is 1. The Morgan fingerprint density at radius 1 is 1.12 bits per heavy atom. The predicted molar refractivity (Wildman–Crippen MR) is 116 cm³/mol. The molecule has 0 aromatic heterocycles. The van der Waals surface area contributed by atoms with E-state index in [1.54, 1.807) is 6.07 Å². The molecule has 1 fully saturated rings. The van der Waals surface area contributed by atoms with E-state index < -0.39 is 24.1 Å². The van der Waals surface area contributed by atoms with Crippen molar-refractivity contribution in [3.63, 3.8) is 0 Å². The molecule has 1 saturated heterocycles. The fourth-order valence-corrected chi connectivity index (χ4v) is 4.09. The molecule has 32 heavy (non-hydrogen) atoms. The van der Waals surface area contributed by atoms with Gasteiger partial charge in [-0.3, -0.25) is 0 Å². The van der Waals surface area contributed by atoms with E-state index in [1.807, 2.05) is 30.3 Å². The van der Waals surface area contributed by atoms with Crippen LogP contribution in [0.3, 0.4) is 0 Å². The van der Waals surface area contributed by atoms with Gasteiger partial charge in [0.25, 0.3) is 0 Å². The van der Waals surface area contributed by atoms with Gasteiger partial charge >= 0.3 is 6.09 Å². The number of nitrogens with zero attached hydrogens (tertiary/aromatic N) is 1. The lowest BCUT2D eigenvalue weighted by atomic mass is 9.99. The molecule has 0 spiro atoms. The summed E-state index contributed by atoms with van der Waals surface area (Å²) in [5.41, 5.74) is 1.18. The molecule has 0 unspecified atom stereocenters. The Hall–Kier alpha value is -2.84. The predicted octanol–water partition coefficient (Wildman–Crippen LogP) is 3.41. The number of amides is 1. The minimum Gasteiger partial charge on any atom is -0.486 e. The molecule has 1 amide bonds. The maximum Gasteiger partial charge on any atom is 0.407 e. The zero-order valence-electron chi connectivity index (χ0n) is 18.0. The number of likely N-dealkylation sites (tertiary alicyclic amines) is 1. The SMILES string of the molecule is O=C(N[C@H](CN1CCCCC1)[C@H](O)c1cc(F)c2c(c1)OCCO2)OCc1ccccc1. The molecule has 172 valence electrons. The smallest absolute Gasteiger partial charge is 0.407 e. The van der Waals surface area contributed by atoms with Crippen molar-refractivity contribution in [1.82, 2.24) is 10.2 Å². The lowest BCUT2D eigenvalue weighted by Crippen LogP contribution is -2.48. The third-order valence-electron chi connectivity index (χ3n) is 5.76. The molecule has 0 saturated carbocycles. The maximum atomic E-state index is 14.5. The van der Waals surface area contributed by atoms with Crippen LogP contribution in [0.2, 0.25) is 0 Å². The second-order valence-electron chi connectivity index (χ2n) is 8.15. The summed E-state index contributed by atoms with van der Waals surface area (Å²) in [5.74, 6) is -0.289. The van der Waals surface area contributed by atoms with Crippen LogP contribution in [0, 0.1) is 5.82 Å². The third kappa shape index (κ3) is 5.69. The van der Waals surface area contributed by atoms with E-state index >= 15 is 0 Å². The summed E-state index contributed by atoms with van der Waals surface area (Å²) in [6.07, 6.45) is 1.53. The Morgan fingerprint density at radius 2 is 1.88 bits per heavy atom. The standard InChI is InChI=1S/C24H29FN2O5/c25-19-13-18(14-21-23(19)31-12-11-30-21)22(28)20(15-27-9-5-2-6-10-27)26-24(29)32-16-17-7-3-1-4-8-17/h1,3-4,7-8,13-14,20,22,28H,2,5-6,9-12,15-16H2,(H,26,29)/t20-,22-/m1/s1. The van der Waals surface area contributed by atoms with Crippen molar-refractivity contribution < 1.29 is 28.5 Å². The summed E-state index contributed by atoms with van der Waals surface area (Å²) in [7, 11) is 0. The second-order valence-corrected chi connectivity index (χ2v) is 8.15. The van der Waals surface area contributed by atoms with Gasteiger partial charge in [-0.15, -0.1) is 0 Å². The number of halogens is 1. The van der Waals surface area contributed by atoms with Crippen molar-refractivity contribution in [2.24, 2.45) is 0 Å². The molecule has 2 atom stereocenters. The number of carbonyl (C=O) groups excluding carboxylic acids is 1. The lowest BCUT2D eigenvalue weighted by molar-refractivity contribution is 0.0793. The topological polar surface area (TPSA) is 80.3 Å². The minimum absolute atomic E-state index is 0.0509. The van der Waals surface area contributed by atoms with E-state index in [2.05, 4.69) is 10.2 Å². The number of nitrogens with one attached hydrogen (secondary N) is 1. The largest absolute Gasteiger partial charge is 0.486 e. The summed E-state index contributed by atoms with van der Waals surface area (Å²) in [4.78, 5) is 14.7. The summed E-state index contributed by atoms with van der Waals surface area (Å²) in [6, 6.07) is 11.5. The Labute approximate surface area is 187 Å². The number of rotatable bonds is 7. The van der Waals surface area contributed by atoms with Gasteiger partial charge in [-0.05, 0) is 49.2 Å². The van der Waals surface area contributed by atoms with Crippen molar-refractivity contribution in [3.05, 3.63) is 59.4 Å². The first-order valence-electron chi connectivity index (χ1n) is 11.1. The second kappa shape index (κ2) is 10.7. The van der Waals surface area contributed by atoms with Crippen molar-refractivity contribution in [3.8, 4) is 11.5 Å². The number of hydrogen-bond donors (Lipinski definition) is 2. The molecule has 2 N–H and O–H groups in total. The number of aliphatic hydroxyl groups is 1. The molecule has 7 nitrogen and oxygen atoms in total. The molecule has 2 heterocycles. The van der Waals surface area contributed by atoms with E-state index in [1.165, 1.54) is 12.5 Å². The van der Waals surface area contributed by atoms with Crippen LogP contribution in [-0.2, 0) is 11.3 Å². The third-order valence-corrected chi connectivity index (χ3v) is 5.76. The van der Waals surface area contributed by atoms with E-state index in [9.17, 15) is 14.3 Å². The first-order valence-corrected chi connectivity index (χ1v) is 11.1. The number of alkyl carbamates (subject to hydrolysis) is 1. The highest BCUT2D eigenvalue weighted by Crippen LogP contribution is 2.36. The van der Waals surface area contributed by atoms with E-state index in [4.69, 9.17) is 14.2 Å². The molecular formula is C24H29FN2O5. The first-order chi connectivity index (χ1) is 15.6. The van der Waals surface area contributed by atoms with Crippen LogP contribution in [0.15, 0.2) is 42.5 Å². The van der Waals surface area contributed by atoms with Gasteiger partial charge in [0, 0.05) is 6.54 Å². The van der Waals surface area contributed by atoms with E-state index in [-0.39, 0.29) is 24.7 Å². The summed E-state index contributed by atoms with van der Waals surface area (Å²) in [6.45, 7) is 2.92. The fourth-order valence-electron chi connectivity index (χ4n) is 4.09. The van der Waals surface area contributed by atoms with Crippen LogP contribution < -0.4 is 14.8 Å². The zero-order valence-corrected chi connectivity index (χ0v) is 18.0. The van der Waals surface area contributed by atoms with Gasteiger partial charge in [-0.2, -0.15) is 0 Å². The van der Waals surface area contributed by atoms with Crippen LogP contribution in [0.25, 0.3) is 0 Å². The van der Waals surface area contributed by atoms with Gasteiger partial charge in [0.2, 0.25) is 0 Å². The Bertz CT molecular complexity index is 905. The van der Waals surface area contributed by atoms with E-state index in [0.29, 0.717) is 18.7 Å². The number of fused-ring (bicyclic) bond motifs is 1. The van der Waals surface area contributed by atoms with Crippen molar-refractivity contribution in [1.29, 1.82) is 0 Å². The van der Waals surface area contributed by atoms with Crippen molar-refractivity contribution >= 4 is 6.09 Å². The molecule has 2 aromatic carbocycles. The number of piperidine rings is 1. The molecule has 2 aliphatic heterocycles.